The van der Waals surface area contributed by atoms with Crippen LogP contribution >= 0.6 is 11.6 Å². The highest BCUT2D eigenvalue weighted by Gasteiger charge is 2.33. The molecule has 28 heavy (non-hydrogen) atoms. The monoisotopic (exact) mass is 392 g/mol. The first-order valence-electron chi connectivity index (χ1n) is 9.91. The molecule has 4 rings (SSSR count). The van der Waals surface area contributed by atoms with Crippen LogP contribution in [-0.4, -0.2) is 22.3 Å². The molecule has 3 nitrogen and oxygen atoms in total. The summed E-state index contributed by atoms with van der Waals surface area (Å²) in [5.41, 5.74) is 5.40. The van der Waals surface area contributed by atoms with E-state index in [1.165, 1.54) is 11.1 Å². The number of rotatable bonds is 6. The molecule has 1 fully saturated rings. The molecule has 3 aromatic rings. The zero-order chi connectivity index (χ0) is 19.7. The lowest BCUT2D eigenvalue weighted by atomic mass is 10.0. The van der Waals surface area contributed by atoms with Gasteiger partial charge in [0.05, 0.1) is 5.52 Å². The van der Waals surface area contributed by atoms with Gasteiger partial charge in [0.15, 0.2) is 0 Å². The van der Waals surface area contributed by atoms with Gasteiger partial charge in [-0.3, -0.25) is 4.79 Å². The second-order valence-corrected chi connectivity index (χ2v) is 8.16. The minimum atomic E-state index is 0.187. The van der Waals surface area contributed by atoms with E-state index in [0.29, 0.717) is 18.2 Å². The Labute approximate surface area is 171 Å². The highest BCUT2D eigenvalue weighted by atomic mass is 35.5. The van der Waals surface area contributed by atoms with E-state index in [9.17, 15) is 4.79 Å². The number of aryl methyl sites for hydroxylation is 2. The first-order chi connectivity index (χ1) is 13.5. The largest absolute Gasteiger partial charge is 0.338 e. The molecule has 0 saturated heterocycles. The molecule has 0 atom stereocenters. The molecule has 0 spiro atoms. The molecule has 144 valence electrons. The first-order valence-corrected chi connectivity index (χ1v) is 10.3. The van der Waals surface area contributed by atoms with Gasteiger partial charge < -0.3 is 4.90 Å². The normalized spacial score (nSPS) is 13.7. The maximum Gasteiger partial charge on any atom is 0.225 e. The van der Waals surface area contributed by atoms with Gasteiger partial charge in [-0.1, -0.05) is 54.1 Å². The van der Waals surface area contributed by atoms with Crippen LogP contribution in [0.15, 0.2) is 48.5 Å². The maximum absolute atomic E-state index is 12.9. The Bertz CT molecular complexity index is 1010. The van der Waals surface area contributed by atoms with E-state index < -0.39 is 0 Å². The molecule has 0 radical (unpaired) electrons. The topological polar surface area (TPSA) is 33.2 Å². The van der Waals surface area contributed by atoms with Crippen molar-refractivity contribution in [2.24, 2.45) is 5.92 Å². The van der Waals surface area contributed by atoms with Crippen molar-refractivity contribution in [3.8, 4) is 0 Å². The number of pyridine rings is 1. The van der Waals surface area contributed by atoms with Crippen LogP contribution in [0.1, 0.15) is 35.1 Å². The van der Waals surface area contributed by atoms with Crippen molar-refractivity contribution in [2.45, 2.75) is 39.7 Å². The van der Waals surface area contributed by atoms with Gasteiger partial charge in [-0.15, -0.1) is 0 Å². The SMILES string of the molecule is Cc1ccc(C)c2nc(Cl)c(CN(CCc3ccccc3)C(=O)C3CC3)cc12. The maximum atomic E-state index is 12.9. The second-order valence-electron chi connectivity index (χ2n) is 7.80. The standard InChI is InChI=1S/C24H25ClN2O/c1-16-8-9-17(2)22-21(16)14-20(23(25)26-22)15-27(24(28)19-10-11-19)13-12-18-6-4-3-5-7-18/h3-9,14,19H,10-13,15H2,1-2H3. The minimum Gasteiger partial charge on any atom is -0.338 e. The van der Waals surface area contributed by atoms with E-state index in [4.69, 9.17) is 11.6 Å². The molecule has 1 aromatic heterocycles. The number of amides is 1. The number of aromatic nitrogens is 1. The molecule has 0 bridgehead atoms. The predicted octanol–water partition coefficient (Wildman–Crippen LogP) is 5.49. The van der Waals surface area contributed by atoms with Crippen LogP contribution in [0.2, 0.25) is 5.15 Å². The second kappa shape index (κ2) is 7.92. The van der Waals surface area contributed by atoms with Crippen LogP contribution in [0, 0.1) is 19.8 Å². The molecule has 0 unspecified atom stereocenters. The van der Waals surface area contributed by atoms with Crippen molar-refractivity contribution in [2.75, 3.05) is 6.54 Å². The summed E-state index contributed by atoms with van der Waals surface area (Å²) < 4.78 is 0. The fourth-order valence-corrected chi connectivity index (χ4v) is 3.83. The molecule has 0 aliphatic heterocycles. The molecule has 1 heterocycles. The fraction of sp³-hybridized carbons (Fsp3) is 0.333. The number of nitrogens with zero attached hydrogens (tertiary/aromatic N) is 2. The van der Waals surface area contributed by atoms with Crippen LogP contribution in [0.3, 0.4) is 0 Å². The van der Waals surface area contributed by atoms with Crippen molar-refractivity contribution in [3.05, 3.63) is 75.9 Å². The number of carbonyl (C=O) groups excluding carboxylic acids is 1. The van der Waals surface area contributed by atoms with Gasteiger partial charge in [0.2, 0.25) is 5.91 Å². The van der Waals surface area contributed by atoms with Crippen LogP contribution in [-0.2, 0) is 17.8 Å². The van der Waals surface area contributed by atoms with Crippen molar-refractivity contribution in [3.63, 3.8) is 0 Å². The molecule has 1 amide bonds. The Morgan fingerprint density at radius 1 is 1.11 bits per heavy atom. The average molecular weight is 393 g/mol. The van der Waals surface area contributed by atoms with Crippen LogP contribution in [0.5, 0.6) is 0 Å². The quantitative estimate of drug-likeness (QED) is 0.520. The van der Waals surface area contributed by atoms with Crippen molar-refractivity contribution in [1.82, 2.24) is 9.88 Å². The summed E-state index contributed by atoms with van der Waals surface area (Å²) >= 11 is 6.54. The summed E-state index contributed by atoms with van der Waals surface area (Å²) in [6, 6.07) is 16.6. The summed E-state index contributed by atoms with van der Waals surface area (Å²) in [6.07, 6.45) is 2.85. The zero-order valence-electron chi connectivity index (χ0n) is 16.4. The predicted molar refractivity (Wildman–Crippen MR) is 115 cm³/mol. The summed E-state index contributed by atoms with van der Waals surface area (Å²) in [5, 5.41) is 1.61. The Morgan fingerprint density at radius 3 is 2.54 bits per heavy atom. The van der Waals surface area contributed by atoms with Gasteiger partial charge in [0, 0.05) is 30.0 Å². The molecule has 2 aromatic carbocycles. The summed E-state index contributed by atoms with van der Waals surface area (Å²) in [7, 11) is 0. The molecule has 0 N–H and O–H groups in total. The van der Waals surface area contributed by atoms with Crippen molar-refractivity contribution >= 4 is 28.4 Å². The number of carbonyl (C=O) groups is 1. The summed E-state index contributed by atoms with van der Waals surface area (Å²) in [4.78, 5) is 19.5. The van der Waals surface area contributed by atoms with Gasteiger partial charge in [-0.25, -0.2) is 4.98 Å². The zero-order valence-corrected chi connectivity index (χ0v) is 17.2. The Kier molecular flexibility index (Phi) is 5.36. The molecule has 1 saturated carbocycles. The van der Waals surface area contributed by atoms with Gasteiger partial charge in [-0.2, -0.15) is 0 Å². The van der Waals surface area contributed by atoms with E-state index in [2.05, 4.69) is 42.2 Å². The highest BCUT2D eigenvalue weighted by Crippen LogP contribution is 2.33. The molecule has 1 aliphatic rings. The van der Waals surface area contributed by atoms with E-state index in [1.54, 1.807) is 0 Å². The van der Waals surface area contributed by atoms with Gasteiger partial charge in [-0.05, 0) is 55.9 Å². The highest BCUT2D eigenvalue weighted by molar-refractivity contribution is 6.30. The lowest BCUT2D eigenvalue weighted by molar-refractivity contribution is -0.133. The third kappa shape index (κ3) is 4.05. The van der Waals surface area contributed by atoms with Crippen molar-refractivity contribution in [1.29, 1.82) is 0 Å². The van der Waals surface area contributed by atoms with Gasteiger partial charge in [0.1, 0.15) is 5.15 Å². The third-order valence-corrected chi connectivity index (χ3v) is 5.87. The molecule has 1 aliphatic carbocycles. The smallest absolute Gasteiger partial charge is 0.225 e. The first kappa shape index (κ1) is 18.9. The van der Waals surface area contributed by atoms with Gasteiger partial charge >= 0.3 is 0 Å². The van der Waals surface area contributed by atoms with Crippen LogP contribution < -0.4 is 0 Å². The number of benzene rings is 2. The summed E-state index contributed by atoms with van der Waals surface area (Å²) in [6.45, 7) is 5.34. The number of hydrogen-bond donors (Lipinski definition) is 0. The number of fused-ring (bicyclic) bond motifs is 1. The third-order valence-electron chi connectivity index (χ3n) is 5.54. The summed E-state index contributed by atoms with van der Waals surface area (Å²) in [5.74, 6) is 0.431. The lowest BCUT2D eigenvalue weighted by Crippen LogP contribution is -2.33. The van der Waals surface area contributed by atoms with E-state index in [-0.39, 0.29) is 11.8 Å². The molecule has 4 heteroatoms. The fourth-order valence-electron chi connectivity index (χ4n) is 3.63. The molecular formula is C24H25ClN2O. The van der Waals surface area contributed by atoms with Crippen LogP contribution in [0.4, 0.5) is 0 Å². The number of halogens is 1. The Hall–Kier alpha value is -2.39. The van der Waals surface area contributed by atoms with E-state index in [1.807, 2.05) is 30.0 Å². The Morgan fingerprint density at radius 2 is 1.82 bits per heavy atom. The number of hydrogen-bond acceptors (Lipinski definition) is 2. The van der Waals surface area contributed by atoms with E-state index >= 15 is 0 Å². The minimum absolute atomic E-state index is 0.187. The van der Waals surface area contributed by atoms with Crippen LogP contribution in [0.25, 0.3) is 10.9 Å². The average Bonchev–Trinajstić information content (AvgIpc) is 3.54. The lowest BCUT2D eigenvalue weighted by Gasteiger charge is -2.24. The van der Waals surface area contributed by atoms with Gasteiger partial charge in [0.25, 0.3) is 0 Å². The van der Waals surface area contributed by atoms with E-state index in [0.717, 1.165) is 41.3 Å². The molecular weight excluding hydrogens is 368 g/mol. The Balaban J connectivity index is 1.61. The van der Waals surface area contributed by atoms with Crippen molar-refractivity contribution < 1.29 is 4.79 Å².